The van der Waals surface area contributed by atoms with E-state index in [1.807, 2.05) is 36.5 Å². The van der Waals surface area contributed by atoms with E-state index in [0.29, 0.717) is 6.54 Å². The first-order chi connectivity index (χ1) is 14.2. The molecular formula is C23H32N4O2. The molecule has 29 heavy (non-hydrogen) atoms. The molecule has 2 aromatic rings. The van der Waals surface area contributed by atoms with E-state index in [-0.39, 0.29) is 5.78 Å². The Bertz CT molecular complexity index is 771. The van der Waals surface area contributed by atoms with Crippen molar-refractivity contribution in [2.75, 3.05) is 56.1 Å². The third kappa shape index (κ3) is 5.94. The van der Waals surface area contributed by atoms with Crippen molar-refractivity contribution in [3.63, 3.8) is 0 Å². The number of piperazine rings is 1. The highest BCUT2D eigenvalue weighted by molar-refractivity contribution is 5.97. The van der Waals surface area contributed by atoms with E-state index in [9.17, 15) is 4.79 Å². The second kappa shape index (κ2) is 10.8. The maximum Gasteiger partial charge on any atom is 0.176 e. The minimum atomic E-state index is 0.157. The summed E-state index contributed by atoms with van der Waals surface area (Å²) in [7, 11) is 0. The van der Waals surface area contributed by atoms with Crippen LogP contribution in [-0.4, -0.2) is 61.5 Å². The molecule has 0 saturated carbocycles. The average Bonchev–Trinajstić information content (AvgIpc) is 2.76. The Balaban J connectivity index is 1.50. The second-order valence-corrected chi connectivity index (χ2v) is 7.32. The van der Waals surface area contributed by atoms with E-state index in [4.69, 9.17) is 4.74 Å². The summed E-state index contributed by atoms with van der Waals surface area (Å²) in [5, 5.41) is 3.38. The summed E-state index contributed by atoms with van der Waals surface area (Å²) in [6, 6.07) is 11.6. The van der Waals surface area contributed by atoms with E-state index >= 15 is 0 Å². The maximum absolute atomic E-state index is 12.7. The summed E-state index contributed by atoms with van der Waals surface area (Å²) in [5.74, 6) is 1.99. The van der Waals surface area contributed by atoms with Crippen molar-refractivity contribution in [3.8, 4) is 5.75 Å². The highest BCUT2D eigenvalue weighted by atomic mass is 16.5. The Morgan fingerprint density at radius 2 is 1.86 bits per heavy atom. The zero-order chi connectivity index (χ0) is 20.5. The van der Waals surface area contributed by atoms with Gasteiger partial charge in [0.05, 0.1) is 18.8 Å². The van der Waals surface area contributed by atoms with Gasteiger partial charge in [-0.25, -0.2) is 4.98 Å². The van der Waals surface area contributed by atoms with Gasteiger partial charge in [-0.15, -0.1) is 0 Å². The molecule has 0 aliphatic carbocycles. The number of rotatable bonds is 10. The molecule has 1 aliphatic rings. The van der Waals surface area contributed by atoms with Crippen molar-refractivity contribution in [2.45, 2.75) is 26.7 Å². The van der Waals surface area contributed by atoms with Crippen LogP contribution in [0.1, 0.15) is 37.0 Å². The van der Waals surface area contributed by atoms with Gasteiger partial charge < -0.3 is 15.0 Å². The monoisotopic (exact) mass is 396 g/mol. The van der Waals surface area contributed by atoms with Gasteiger partial charge in [0.25, 0.3) is 0 Å². The molecule has 2 heterocycles. The lowest BCUT2D eigenvalue weighted by Crippen LogP contribution is -2.48. The van der Waals surface area contributed by atoms with Gasteiger partial charge in [-0.2, -0.15) is 0 Å². The molecule has 0 spiro atoms. The van der Waals surface area contributed by atoms with E-state index in [0.717, 1.165) is 75.0 Å². The molecule has 6 heteroatoms. The number of pyridine rings is 1. The summed E-state index contributed by atoms with van der Waals surface area (Å²) in [6.07, 6.45) is 3.99. The molecule has 0 bridgehead atoms. The Labute approximate surface area is 173 Å². The predicted molar refractivity (Wildman–Crippen MR) is 118 cm³/mol. The van der Waals surface area contributed by atoms with Gasteiger partial charge in [-0.05, 0) is 49.7 Å². The van der Waals surface area contributed by atoms with Crippen molar-refractivity contribution < 1.29 is 9.53 Å². The largest absolute Gasteiger partial charge is 0.494 e. The topological polar surface area (TPSA) is 57.7 Å². The predicted octanol–water partition coefficient (Wildman–Crippen LogP) is 3.70. The lowest BCUT2D eigenvalue weighted by atomic mass is 10.1. The van der Waals surface area contributed by atoms with Crippen LogP contribution in [0.3, 0.4) is 0 Å². The van der Waals surface area contributed by atoms with Gasteiger partial charge >= 0.3 is 0 Å². The number of nitrogens with one attached hydrogen (secondary N) is 1. The zero-order valence-electron chi connectivity index (χ0n) is 17.6. The lowest BCUT2D eigenvalue weighted by Gasteiger charge is -2.35. The van der Waals surface area contributed by atoms with E-state index in [1.54, 1.807) is 0 Å². The van der Waals surface area contributed by atoms with E-state index < -0.39 is 0 Å². The van der Waals surface area contributed by atoms with Gasteiger partial charge in [0.15, 0.2) is 11.6 Å². The van der Waals surface area contributed by atoms with Crippen molar-refractivity contribution >= 4 is 17.3 Å². The van der Waals surface area contributed by atoms with Crippen LogP contribution in [0.4, 0.5) is 11.5 Å². The van der Waals surface area contributed by atoms with Gasteiger partial charge in [0.2, 0.25) is 0 Å². The van der Waals surface area contributed by atoms with Crippen LogP contribution in [0.15, 0.2) is 42.6 Å². The number of hydrogen-bond donors (Lipinski definition) is 1. The summed E-state index contributed by atoms with van der Waals surface area (Å²) in [4.78, 5) is 21.7. The second-order valence-electron chi connectivity index (χ2n) is 7.32. The molecule has 0 unspecified atom stereocenters. The third-order valence-electron chi connectivity index (χ3n) is 5.14. The Kier molecular flexibility index (Phi) is 7.87. The highest BCUT2D eigenvalue weighted by Gasteiger charge is 2.22. The van der Waals surface area contributed by atoms with Crippen LogP contribution in [0.2, 0.25) is 0 Å². The van der Waals surface area contributed by atoms with Crippen LogP contribution in [-0.2, 0) is 0 Å². The number of aromatic nitrogens is 1. The van der Waals surface area contributed by atoms with Crippen molar-refractivity contribution in [2.24, 2.45) is 0 Å². The Morgan fingerprint density at radius 3 is 2.55 bits per heavy atom. The van der Waals surface area contributed by atoms with Gasteiger partial charge in [0.1, 0.15) is 5.75 Å². The van der Waals surface area contributed by atoms with Crippen LogP contribution >= 0.6 is 0 Å². The molecule has 3 rings (SSSR count). The molecule has 1 fully saturated rings. The van der Waals surface area contributed by atoms with Crippen LogP contribution in [0.25, 0.3) is 0 Å². The number of Topliss-reactive ketones (excluding diaryl/α,β-unsaturated/α-hetero) is 1. The fourth-order valence-electron chi connectivity index (χ4n) is 3.46. The first-order valence-corrected chi connectivity index (χ1v) is 10.6. The van der Waals surface area contributed by atoms with Crippen molar-refractivity contribution in [1.29, 1.82) is 0 Å². The molecule has 156 valence electrons. The highest BCUT2D eigenvalue weighted by Crippen LogP contribution is 2.23. The smallest absolute Gasteiger partial charge is 0.176 e. The number of hydrogen-bond acceptors (Lipinski definition) is 6. The number of unbranched alkanes of at least 4 members (excludes halogenated alkanes) is 1. The number of nitrogens with zero attached hydrogens (tertiary/aromatic N) is 3. The minimum Gasteiger partial charge on any atom is -0.494 e. The Hall–Kier alpha value is -2.60. The molecule has 6 nitrogen and oxygen atoms in total. The normalized spacial score (nSPS) is 14.6. The quantitative estimate of drug-likeness (QED) is 0.488. The molecule has 0 atom stereocenters. The maximum atomic E-state index is 12.7. The summed E-state index contributed by atoms with van der Waals surface area (Å²) in [5.41, 5.74) is 1.82. The minimum absolute atomic E-state index is 0.157. The lowest BCUT2D eigenvalue weighted by molar-refractivity contribution is 0.0926. The van der Waals surface area contributed by atoms with Gasteiger partial charge in [-0.3, -0.25) is 9.69 Å². The molecule has 1 saturated heterocycles. The molecule has 1 aromatic heterocycles. The summed E-state index contributed by atoms with van der Waals surface area (Å²) in [6.45, 7) is 9.71. The number of anilines is 2. The van der Waals surface area contributed by atoms with Crippen molar-refractivity contribution in [1.82, 2.24) is 9.88 Å². The van der Waals surface area contributed by atoms with E-state index in [1.165, 1.54) is 0 Å². The average molecular weight is 397 g/mol. The third-order valence-corrected chi connectivity index (χ3v) is 5.14. The zero-order valence-corrected chi connectivity index (χ0v) is 17.6. The molecule has 1 aromatic carbocycles. The van der Waals surface area contributed by atoms with E-state index in [2.05, 4.69) is 40.0 Å². The number of benzene rings is 1. The number of ketones is 1. The molecule has 1 N–H and O–H groups in total. The number of carbonyl (C=O) groups excluding carboxylic acids is 1. The standard InChI is InChI=1S/C23H32N4O2/c1-3-5-17-29-20-10-8-19(9-11-20)22(28)18-26-13-15-27(16-14-26)23-21(24-4-2)7-6-12-25-23/h6-12,24H,3-5,13-18H2,1-2H3. The number of carbonyl (C=O) groups is 1. The summed E-state index contributed by atoms with van der Waals surface area (Å²) < 4.78 is 5.67. The first-order valence-electron chi connectivity index (χ1n) is 10.6. The molecule has 0 radical (unpaired) electrons. The SMILES string of the molecule is CCCCOc1ccc(C(=O)CN2CCN(c3ncccc3NCC)CC2)cc1. The molecule has 1 aliphatic heterocycles. The fraction of sp³-hybridized carbons (Fsp3) is 0.478. The van der Waals surface area contributed by atoms with Gasteiger partial charge in [-0.1, -0.05) is 13.3 Å². The fourth-order valence-corrected chi connectivity index (χ4v) is 3.46. The van der Waals surface area contributed by atoms with Crippen molar-refractivity contribution in [3.05, 3.63) is 48.2 Å². The number of ether oxygens (including phenoxy) is 1. The van der Waals surface area contributed by atoms with Crippen LogP contribution in [0, 0.1) is 0 Å². The molecular weight excluding hydrogens is 364 g/mol. The Morgan fingerprint density at radius 1 is 1.10 bits per heavy atom. The van der Waals surface area contributed by atoms with Crippen LogP contribution < -0.4 is 15.0 Å². The summed E-state index contributed by atoms with van der Waals surface area (Å²) >= 11 is 0. The van der Waals surface area contributed by atoms with Gasteiger partial charge in [0, 0.05) is 44.5 Å². The first kappa shape index (κ1) is 21.1. The molecule has 0 amide bonds. The van der Waals surface area contributed by atoms with Crippen LogP contribution in [0.5, 0.6) is 5.75 Å².